The predicted molar refractivity (Wildman–Crippen MR) is 156 cm³/mol. The number of carboxylic acid groups (broad SMARTS) is 1. The van der Waals surface area contributed by atoms with Crippen LogP contribution in [0.4, 0.5) is 5.69 Å². The summed E-state index contributed by atoms with van der Waals surface area (Å²) in [6.45, 7) is 1.78. The van der Waals surface area contributed by atoms with E-state index in [1.807, 2.05) is 18.2 Å². The van der Waals surface area contributed by atoms with Gasteiger partial charge in [0.15, 0.2) is 0 Å². The number of nitrogens with zero attached hydrogens (tertiary/aromatic N) is 2. The van der Waals surface area contributed by atoms with E-state index in [1.165, 1.54) is 28.7 Å². The van der Waals surface area contributed by atoms with E-state index in [-0.39, 0.29) is 23.9 Å². The molecule has 2 N–H and O–H groups in total. The quantitative estimate of drug-likeness (QED) is 0.387. The first-order chi connectivity index (χ1) is 19.2. The Balaban J connectivity index is 1.54. The zero-order chi connectivity index (χ0) is 28.4. The number of carboxylic acids is 1. The molecule has 0 aromatic heterocycles. The van der Waals surface area contributed by atoms with E-state index in [4.69, 9.17) is 4.74 Å². The Labute approximate surface area is 236 Å². The van der Waals surface area contributed by atoms with Crippen molar-refractivity contribution in [3.63, 3.8) is 0 Å². The molecule has 0 radical (unpaired) electrons. The Hall–Kier alpha value is -3.40. The van der Waals surface area contributed by atoms with Gasteiger partial charge in [-0.05, 0) is 48.2 Å². The highest BCUT2D eigenvalue weighted by atomic mass is 32.2. The Morgan fingerprint density at radius 2 is 1.70 bits per heavy atom. The number of piperidine rings is 3. The number of carbonyl (C=O) groups is 1. The van der Waals surface area contributed by atoms with Crippen LogP contribution in [0, 0.1) is 11.8 Å². The normalized spacial score (nSPS) is 24.1. The molecule has 2 bridgehead atoms. The fraction of sp³-hybridized carbons (Fsp3) is 0.387. The van der Waals surface area contributed by atoms with Crippen LogP contribution in [0.25, 0.3) is 0 Å². The van der Waals surface area contributed by atoms with E-state index < -0.39 is 21.9 Å². The van der Waals surface area contributed by atoms with Crippen LogP contribution in [0.5, 0.6) is 5.75 Å². The molecule has 3 aliphatic heterocycles. The van der Waals surface area contributed by atoms with Crippen LogP contribution in [0.1, 0.15) is 29.0 Å². The third-order valence-corrected chi connectivity index (χ3v) is 9.78. The van der Waals surface area contributed by atoms with Crippen LogP contribution >= 0.6 is 0 Å². The molecule has 212 valence electrons. The van der Waals surface area contributed by atoms with Crippen LogP contribution in [-0.4, -0.2) is 70.0 Å². The molecule has 3 aliphatic rings. The average molecular weight is 564 g/mol. The lowest BCUT2D eigenvalue weighted by molar-refractivity contribution is -0.152. The van der Waals surface area contributed by atoms with E-state index in [9.17, 15) is 18.3 Å². The third-order valence-electron chi connectivity index (χ3n) is 8.58. The first-order valence-corrected chi connectivity index (χ1v) is 15.4. The van der Waals surface area contributed by atoms with Crippen LogP contribution < -0.4 is 14.4 Å². The monoisotopic (exact) mass is 563 g/mol. The number of benzene rings is 3. The Morgan fingerprint density at radius 3 is 2.25 bits per heavy atom. The van der Waals surface area contributed by atoms with Gasteiger partial charge in [-0.25, -0.2) is 8.42 Å². The van der Waals surface area contributed by atoms with Crippen molar-refractivity contribution < 1.29 is 23.1 Å². The zero-order valence-corrected chi connectivity index (χ0v) is 23.9. The van der Waals surface area contributed by atoms with E-state index in [0.29, 0.717) is 24.5 Å². The molecular formula is C31H37N3O5S. The maximum atomic E-state index is 12.4. The average Bonchev–Trinajstić information content (AvgIpc) is 2.97. The molecule has 8 nitrogen and oxygen atoms in total. The third kappa shape index (κ3) is 5.59. The minimum Gasteiger partial charge on any atom is -0.496 e. The minimum absolute atomic E-state index is 0.0343. The second kappa shape index (κ2) is 11.6. The summed E-state index contributed by atoms with van der Waals surface area (Å²) in [5.41, 5.74) is 3.74. The van der Waals surface area contributed by atoms with Gasteiger partial charge in [0, 0.05) is 43.7 Å². The standard InChI is InChI=1S/C31H37N3O5S/c1-33(40(3,37)38)24-14-15-27(39-2)23(18-24)19-32-29-25-16-17-34(20-26(25)31(35)36)30(29)28(21-10-6-4-7-11-21)22-12-8-5-9-13-22/h4-15,18,25-26,28-30,32H,16-17,19-20H2,1-3H3,(H,35,36). The Bertz CT molecular complexity index is 1390. The molecule has 0 saturated carbocycles. The van der Waals surface area contributed by atoms with Gasteiger partial charge in [0.2, 0.25) is 10.0 Å². The highest BCUT2D eigenvalue weighted by Crippen LogP contribution is 2.44. The summed E-state index contributed by atoms with van der Waals surface area (Å²) in [5, 5.41) is 13.9. The number of nitrogens with one attached hydrogen (secondary N) is 1. The van der Waals surface area contributed by atoms with E-state index in [1.54, 1.807) is 19.2 Å². The zero-order valence-electron chi connectivity index (χ0n) is 23.1. The van der Waals surface area contributed by atoms with Crippen LogP contribution in [-0.2, 0) is 21.4 Å². The lowest BCUT2D eigenvalue weighted by atomic mass is 9.66. The van der Waals surface area contributed by atoms with Crippen molar-refractivity contribution in [2.24, 2.45) is 11.8 Å². The van der Waals surface area contributed by atoms with E-state index in [2.05, 4.69) is 58.7 Å². The summed E-state index contributed by atoms with van der Waals surface area (Å²) in [5.74, 6) is -0.574. The molecule has 5 atom stereocenters. The van der Waals surface area contributed by atoms with Crippen molar-refractivity contribution >= 4 is 21.7 Å². The first kappa shape index (κ1) is 28.1. The molecule has 5 unspecified atom stereocenters. The number of hydrogen-bond donors (Lipinski definition) is 2. The summed E-state index contributed by atoms with van der Waals surface area (Å²) < 4.78 is 31.3. The van der Waals surface area contributed by atoms with E-state index in [0.717, 1.165) is 18.5 Å². The maximum Gasteiger partial charge on any atom is 0.308 e. The van der Waals surface area contributed by atoms with Crippen LogP contribution in [0.2, 0.25) is 0 Å². The number of fused-ring (bicyclic) bond motifs is 3. The SMILES string of the molecule is COc1ccc(N(C)S(C)(=O)=O)cc1CNC1C2CCN(CC2C(=O)O)C1C(c1ccccc1)c1ccccc1. The number of ether oxygens (including phenoxy) is 1. The molecule has 3 aromatic carbocycles. The molecule has 6 rings (SSSR count). The fourth-order valence-electron chi connectivity index (χ4n) is 6.55. The highest BCUT2D eigenvalue weighted by molar-refractivity contribution is 7.92. The predicted octanol–water partition coefficient (Wildman–Crippen LogP) is 3.79. The Kier molecular flexibility index (Phi) is 8.16. The Morgan fingerprint density at radius 1 is 1.07 bits per heavy atom. The topological polar surface area (TPSA) is 99.2 Å². The summed E-state index contributed by atoms with van der Waals surface area (Å²) in [6, 6.07) is 26.1. The summed E-state index contributed by atoms with van der Waals surface area (Å²) in [4.78, 5) is 14.7. The van der Waals surface area contributed by atoms with Crippen molar-refractivity contribution in [2.75, 3.05) is 37.8 Å². The van der Waals surface area contributed by atoms with Crippen molar-refractivity contribution in [2.45, 2.75) is 31.0 Å². The van der Waals surface area contributed by atoms with E-state index >= 15 is 0 Å². The van der Waals surface area contributed by atoms with Gasteiger partial charge in [-0.3, -0.25) is 14.0 Å². The lowest BCUT2D eigenvalue weighted by Crippen LogP contribution is -2.68. The number of aliphatic carboxylic acids is 1. The molecular weight excluding hydrogens is 526 g/mol. The van der Waals surface area contributed by atoms with Crippen LogP contribution in [0.3, 0.4) is 0 Å². The van der Waals surface area contributed by atoms with Gasteiger partial charge in [0.05, 0.1) is 25.0 Å². The molecule has 3 saturated heterocycles. The maximum absolute atomic E-state index is 12.4. The number of methoxy groups -OCH3 is 1. The second-order valence-electron chi connectivity index (χ2n) is 10.8. The molecule has 0 aliphatic carbocycles. The second-order valence-corrected chi connectivity index (χ2v) is 12.8. The molecule has 40 heavy (non-hydrogen) atoms. The van der Waals surface area contributed by atoms with Gasteiger partial charge in [-0.15, -0.1) is 0 Å². The molecule has 0 amide bonds. The lowest BCUT2D eigenvalue weighted by Gasteiger charge is -2.56. The summed E-state index contributed by atoms with van der Waals surface area (Å²) in [7, 11) is -0.311. The molecule has 9 heteroatoms. The van der Waals surface area contributed by atoms with Gasteiger partial charge < -0.3 is 15.2 Å². The number of anilines is 1. The molecule has 3 aromatic rings. The summed E-state index contributed by atoms with van der Waals surface area (Å²) >= 11 is 0. The highest BCUT2D eigenvalue weighted by Gasteiger charge is 2.52. The van der Waals surface area contributed by atoms with Crippen molar-refractivity contribution in [1.82, 2.24) is 10.2 Å². The van der Waals surface area contributed by atoms with Gasteiger partial charge in [0.1, 0.15) is 5.75 Å². The summed E-state index contributed by atoms with van der Waals surface area (Å²) in [6.07, 6.45) is 1.97. The molecule has 0 spiro atoms. The van der Waals surface area contributed by atoms with Crippen molar-refractivity contribution in [3.8, 4) is 5.75 Å². The fourth-order valence-corrected chi connectivity index (χ4v) is 7.05. The van der Waals surface area contributed by atoms with Crippen molar-refractivity contribution in [3.05, 3.63) is 95.6 Å². The molecule has 3 heterocycles. The number of rotatable bonds is 10. The largest absolute Gasteiger partial charge is 0.496 e. The van der Waals surface area contributed by atoms with Gasteiger partial charge >= 0.3 is 5.97 Å². The number of hydrogen-bond acceptors (Lipinski definition) is 6. The van der Waals surface area contributed by atoms with Gasteiger partial charge in [0.25, 0.3) is 0 Å². The first-order valence-electron chi connectivity index (χ1n) is 13.6. The smallest absolute Gasteiger partial charge is 0.308 e. The minimum atomic E-state index is -3.43. The van der Waals surface area contributed by atoms with Gasteiger partial charge in [-0.1, -0.05) is 60.7 Å². The van der Waals surface area contributed by atoms with Crippen molar-refractivity contribution in [1.29, 1.82) is 0 Å². The van der Waals surface area contributed by atoms with Gasteiger partial charge in [-0.2, -0.15) is 0 Å². The molecule has 3 fully saturated rings. The van der Waals surface area contributed by atoms with Crippen LogP contribution in [0.15, 0.2) is 78.9 Å². The number of sulfonamides is 1.